The Kier molecular flexibility index (Phi) is 15.5. The Bertz CT molecular complexity index is 618. The first-order valence-electron chi connectivity index (χ1n) is 10.2. The highest BCUT2D eigenvalue weighted by molar-refractivity contribution is 6.01. The largest absolute Gasteiger partial charge is 0.378 e. The third-order valence-corrected chi connectivity index (χ3v) is 3.75. The van der Waals surface area contributed by atoms with Gasteiger partial charge in [-0.3, -0.25) is 14.4 Å². The van der Waals surface area contributed by atoms with Crippen molar-refractivity contribution < 1.29 is 47.7 Å². The van der Waals surface area contributed by atoms with Crippen LogP contribution in [-0.4, -0.2) is 101 Å². The molecule has 12 nitrogen and oxygen atoms in total. The normalized spacial score (nSPS) is 13.3. The minimum absolute atomic E-state index is 0.0567. The molecule has 1 saturated heterocycles. The Morgan fingerprint density at radius 2 is 1.38 bits per heavy atom. The van der Waals surface area contributed by atoms with Gasteiger partial charge in [0.1, 0.15) is 13.2 Å². The number of carbonyl (C=O) groups excluding carboxylic acids is 4. The first-order chi connectivity index (χ1) is 15.5. The fourth-order valence-electron chi connectivity index (χ4n) is 2.24. The van der Waals surface area contributed by atoms with Gasteiger partial charge in [-0.1, -0.05) is 5.92 Å². The van der Waals surface area contributed by atoms with Gasteiger partial charge < -0.3 is 33.8 Å². The summed E-state index contributed by atoms with van der Waals surface area (Å²) < 4.78 is 26.1. The van der Waals surface area contributed by atoms with Crippen LogP contribution in [0.15, 0.2) is 0 Å². The average molecular weight is 458 g/mol. The quantitative estimate of drug-likeness (QED) is 0.143. The van der Waals surface area contributed by atoms with Crippen LogP contribution in [0.4, 0.5) is 0 Å². The van der Waals surface area contributed by atoms with Crippen molar-refractivity contribution in [2.75, 3.05) is 72.6 Å². The van der Waals surface area contributed by atoms with Gasteiger partial charge >= 0.3 is 5.97 Å². The molecule has 0 radical (unpaired) electrons. The first-order valence-corrected chi connectivity index (χ1v) is 10.2. The summed E-state index contributed by atoms with van der Waals surface area (Å²) in [6, 6.07) is 0. The molecule has 12 heteroatoms. The number of hydroxylamine groups is 2. The summed E-state index contributed by atoms with van der Waals surface area (Å²) in [6.07, 6.45) is 5.03. The molecule has 1 aliphatic heterocycles. The second kappa shape index (κ2) is 18.1. The molecule has 0 saturated carbocycles. The average Bonchev–Trinajstić information content (AvgIpc) is 3.08. The number of carbonyl (C=O) groups is 4. The van der Waals surface area contributed by atoms with Crippen LogP contribution in [0.5, 0.6) is 0 Å². The lowest BCUT2D eigenvalue weighted by Crippen LogP contribution is -2.32. The molecule has 0 atom stereocenters. The summed E-state index contributed by atoms with van der Waals surface area (Å²) in [7, 11) is 0. The molecule has 32 heavy (non-hydrogen) atoms. The topological polar surface area (TPSA) is 139 Å². The van der Waals surface area contributed by atoms with Crippen molar-refractivity contribution in [2.24, 2.45) is 0 Å². The predicted molar refractivity (Wildman–Crippen MR) is 108 cm³/mol. The highest BCUT2D eigenvalue weighted by Crippen LogP contribution is 2.12. The van der Waals surface area contributed by atoms with Crippen molar-refractivity contribution in [3.63, 3.8) is 0 Å². The third-order valence-electron chi connectivity index (χ3n) is 3.75. The summed E-state index contributed by atoms with van der Waals surface area (Å²) >= 11 is 0. The number of nitrogens with one attached hydrogen (secondary N) is 1. The van der Waals surface area contributed by atoms with Gasteiger partial charge in [0, 0.05) is 19.4 Å². The zero-order valence-electron chi connectivity index (χ0n) is 18.0. The summed E-state index contributed by atoms with van der Waals surface area (Å²) in [5.74, 6) is 0.278. The molecule has 180 valence electrons. The van der Waals surface area contributed by atoms with Crippen molar-refractivity contribution in [3.05, 3.63) is 0 Å². The summed E-state index contributed by atoms with van der Waals surface area (Å²) in [5, 5.41) is 3.13. The number of ether oxygens (including phenoxy) is 5. The van der Waals surface area contributed by atoms with Gasteiger partial charge in [0.15, 0.2) is 0 Å². The molecule has 1 heterocycles. The van der Waals surface area contributed by atoms with Crippen molar-refractivity contribution in [3.8, 4) is 12.3 Å². The maximum atomic E-state index is 11.6. The lowest BCUT2D eigenvalue weighted by atomic mass is 10.4. The zero-order chi connectivity index (χ0) is 23.4. The van der Waals surface area contributed by atoms with Gasteiger partial charge in [0.25, 0.3) is 11.8 Å². The van der Waals surface area contributed by atoms with E-state index in [1.807, 2.05) is 0 Å². The number of hydrogen-bond acceptors (Lipinski definition) is 10. The predicted octanol–water partition coefficient (Wildman–Crippen LogP) is -1.18. The highest BCUT2D eigenvalue weighted by Gasteiger charge is 2.32. The minimum atomic E-state index is -0.707. The zero-order valence-corrected chi connectivity index (χ0v) is 18.0. The maximum Gasteiger partial charge on any atom is 0.335 e. The fourth-order valence-corrected chi connectivity index (χ4v) is 2.24. The van der Waals surface area contributed by atoms with E-state index in [9.17, 15) is 19.2 Å². The molecule has 1 fully saturated rings. The van der Waals surface area contributed by atoms with Gasteiger partial charge in [-0.2, -0.15) is 0 Å². The molecule has 0 aromatic rings. The van der Waals surface area contributed by atoms with E-state index in [4.69, 9.17) is 34.9 Å². The van der Waals surface area contributed by atoms with Gasteiger partial charge in [-0.25, -0.2) is 4.79 Å². The Labute approximate surface area is 186 Å². The molecule has 0 aromatic heterocycles. The van der Waals surface area contributed by atoms with E-state index in [0.717, 1.165) is 0 Å². The van der Waals surface area contributed by atoms with E-state index in [1.165, 1.54) is 0 Å². The number of terminal acetylenes is 1. The van der Waals surface area contributed by atoms with Crippen molar-refractivity contribution in [1.82, 2.24) is 10.4 Å². The van der Waals surface area contributed by atoms with Crippen LogP contribution in [0, 0.1) is 12.3 Å². The second-order valence-corrected chi connectivity index (χ2v) is 6.29. The van der Waals surface area contributed by atoms with E-state index < -0.39 is 17.8 Å². The summed E-state index contributed by atoms with van der Waals surface area (Å²) in [4.78, 5) is 50.2. The van der Waals surface area contributed by atoms with Crippen LogP contribution in [0.3, 0.4) is 0 Å². The van der Waals surface area contributed by atoms with Crippen molar-refractivity contribution in [2.45, 2.75) is 19.3 Å². The Morgan fingerprint density at radius 3 is 1.94 bits per heavy atom. The molecule has 1 rings (SSSR count). The SMILES string of the molecule is C#CCOCC(=O)NCCOCCOCCOCCOCCC(=O)ON1C(=O)CCC1=O. The van der Waals surface area contributed by atoms with E-state index >= 15 is 0 Å². The Balaban J connectivity index is 1.79. The molecule has 3 amide bonds. The van der Waals surface area contributed by atoms with Gasteiger partial charge in [0.05, 0.1) is 59.3 Å². The van der Waals surface area contributed by atoms with E-state index in [-0.39, 0.29) is 51.6 Å². The number of amides is 3. The lowest BCUT2D eigenvalue weighted by molar-refractivity contribution is -0.198. The summed E-state index contributed by atoms with van der Waals surface area (Å²) in [6.45, 7) is 2.97. The molecule has 0 aliphatic carbocycles. The summed E-state index contributed by atoms with van der Waals surface area (Å²) in [5.41, 5.74) is 0. The second-order valence-electron chi connectivity index (χ2n) is 6.29. The highest BCUT2D eigenvalue weighted by atomic mass is 16.7. The fraction of sp³-hybridized carbons (Fsp3) is 0.700. The van der Waals surface area contributed by atoms with Crippen LogP contribution >= 0.6 is 0 Å². The third kappa shape index (κ3) is 13.7. The molecule has 1 aliphatic rings. The lowest BCUT2D eigenvalue weighted by Gasteiger charge is -2.12. The standard InChI is InChI=1S/C20H30N2O10/c1-2-7-31-16-17(23)21-6-9-28-11-13-30-15-14-29-12-10-27-8-5-20(26)32-22-18(24)3-4-19(22)25/h1H,3-16H2,(H,21,23). The molecular weight excluding hydrogens is 428 g/mol. The van der Waals surface area contributed by atoms with E-state index in [2.05, 4.69) is 11.2 Å². The number of hydrogen-bond donors (Lipinski definition) is 1. The van der Waals surface area contributed by atoms with Crippen LogP contribution in [-0.2, 0) is 47.7 Å². The van der Waals surface area contributed by atoms with Crippen molar-refractivity contribution in [1.29, 1.82) is 0 Å². The van der Waals surface area contributed by atoms with Crippen LogP contribution in [0.1, 0.15) is 19.3 Å². The number of imide groups is 1. The number of nitrogens with zero attached hydrogens (tertiary/aromatic N) is 1. The molecule has 0 bridgehead atoms. The van der Waals surface area contributed by atoms with E-state index in [0.29, 0.717) is 51.2 Å². The monoisotopic (exact) mass is 458 g/mol. The number of rotatable bonds is 19. The van der Waals surface area contributed by atoms with Gasteiger partial charge in [-0.15, -0.1) is 11.5 Å². The molecule has 0 aromatic carbocycles. The molecule has 1 N–H and O–H groups in total. The first kappa shape index (κ1) is 27.5. The molecule has 0 unspecified atom stereocenters. The minimum Gasteiger partial charge on any atom is -0.378 e. The van der Waals surface area contributed by atoms with Gasteiger partial charge in [-0.05, 0) is 0 Å². The van der Waals surface area contributed by atoms with Crippen LogP contribution < -0.4 is 5.32 Å². The van der Waals surface area contributed by atoms with Gasteiger partial charge in [0.2, 0.25) is 5.91 Å². The van der Waals surface area contributed by atoms with Crippen LogP contribution in [0.25, 0.3) is 0 Å². The van der Waals surface area contributed by atoms with Crippen LogP contribution in [0.2, 0.25) is 0 Å². The Morgan fingerprint density at radius 1 is 0.844 bits per heavy atom. The smallest absolute Gasteiger partial charge is 0.335 e. The molecule has 0 spiro atoms. The van der Waals surface area contributed by atoms with Crippen molar-refractivity contribution >= 4 is 23.7 Å². The molecular formula is C20H30N2O10. The van der Waals surface area contributed by atoms with E-state index in [1.54, 1.807) is 0 Å². The maximum absolute atomic E-state index is 11.6. The Hall–Kier alpha value is -2.56.